The number of hydrogen-bond donors (Lipinski definition) is 0. The Balaban J connectivity index is 0.000000612. The maximum absolute atomic E-state index is 4.53. The van der Waals surface area contributed by atoms with Gasteiger partial charge < -0.3 is 0 Å². The molecule has 0 saturated carbocycles. The molecular weight excluding hydrogens is 427 g/mol. The summed E-state index contributed by atoms with van der Waals surface area (Å²) in [5, 5.41) is 0. The Hall–Kier alpha value is -0.494. The molecule has 0 radical (unpaired) electrons. The zero-order chi connectivity index (χ0) is 15.0. The zero-order valence-electron chi connectivity index (χ0n) is 11.5. The molecule has 0 amide bonds. The molecule has 0 aliphatic heterocycles. The molecule has 2 aromatic rings. The molecule has 0 bridgehead atoms. The van der Waals surface area contributed by atoms with Gasteiger partial charge in [-0.15, -0.1) is 0 Å². The van der Waals surface area contributed by atoms with Crippen LogP contribution in [0.15, 0.2) is 41.5 Å². The number of hydrogen-bond acceptors (Lipinski definition) is 2. The van der Waals surface area contributed by atoms with E-state index in [4.69, 9.17) is 0 Å². The summed E-state index contributed by atoms with van der Waals surface area (Å²) in [6.45, 7) is 6.28. The third kappa shape index (κ3) is 5.87. The average Bonchev–Trinajstić information content (AvgIpc) is 2.39. The Kier molecular flexibility index (Phi) is 8.29. The van der Waals surface area contributed by atoms with E-state index in [1.807, 2.05) is 24.4 Å². The van der Waals surface area contributed by atoms with Crippen molar-refractivity contribution in [3.63, 3.8) is 0 Å². The summed E-state index contributed by atoms with van der Waals surface area (Å²) in [6, 6.07) is 10.1. The van der Waals surface area contributed by atoms with Gasteiger partial charge in [0.05, 0.1) is 17.6 Å². The fraction of sp³-hybridized carbons (Fsp3) is 0.200. The van der Waals surface area contributed by atoms with Crippen LogP contribution in [0, 0.1) is 20.8 Å². The molecule has 1 heterocycles. The summed E-state index contributed by atoms with van der Waals surface area (Å²) in [7, 11) is 0. The first-order valence-electron chi connectivity index (χ1n) is 5.95. The van der Waals surface area contributed by atoms with E-state index >= 15 is 0 Å². The van der Waals surface area contributed by atoms with Crippen molar-refractivity contribution in [2.24, 2.45) is 4.99 Å². The van der Waals surface area contributed by atoms with Crippen molar-refractivity contribution >= 4 is 40.2 Å². The molecule has 0 spiro atoms. The van der Waals surface area contributed by atoms with Gasteiger partial charge in [0, 0.05) is 6.20 Å². The van der Waals surface area contributed by atoms with Gasteiger partial charge in [-0.1, -0.05) is 23.8 Å². The normalized spacial score (nSPS) is 10.4. The van der Waals surface area contributed by atoms with Crippen molar-refractivity contribution in [1.82, 2.24) is 4.98 Å². The van der Waals surface area contributed by atoms with E-state index in [9.17, 15) is 0 Å². The Morgan fingerprint density at radius 3 is 2.20 bits per heavy atom. The second kappa shape index (κ2) is 9.44. The Labute approximate surface area is 140 Å². The van der Waals surface area contributed by atoms with E-state index in [0.717, 1.165) is 22.5 Å². The van der Waals surface area contributed by atoms with Crippen molar-refractivity contribution in [2.45, 2.75) is 20.8 Å². The van der Waals surface area contributed by atoms with Crippen LogP contribution >= 0.6 is 28.3 Å². The third-order valence-electron chi connectivity index (χ3n) is 2.65. The van der Waals surface area contributed by atoms with Crippen LogP contribution in [0.4, 0.5) is 5.69 Å². The monoisotopic (exact) mass is 441 g/mol. The van der Waals surface area contributed by atoms with Gasteiger partial charge in [0.1, 0.15) is 0 Å². The molecule has 1 aromatic carbocycles. The molecule has 20 heavy (non-hydrogen) atoms. The molecule has 0 saturated heterocycles. The van der Waals surface area contributed by atoms with Crippen LogP contribution in [0.3, 0.4) is 0 Å². The van der Waals surface area contributed by atoms with E-state index in [1.165, 1.54) is 16.7 Å². The minimum atomic E-state index is 0.881. The molecule has 0 unspecified atom stereocenters. The molecular formula is C15H16Br2CoN2. The number of aliphatic imine (C=N–C) groups is 1. The molecule has 5 heteroatoms. The van der Waals surface area contributed by atoms with Crippen molar-refractivity contribution in [2.75, 3.05) is 0 Å². The SMILES string of the molecule is Cc1cc(C)c(N=Cc2ccccn2)c(C)c1.[Br][Co][Br]. The fourth-order valence-corrected chi connectivity index (χ4v) is 1.96. The molecule has 0 fully saturated rings. The summed E-state index contributed by atoms with van der Waals surface area (Å²) in [4.78, 5) is 8.75. The summed E-state index contributed by atoms with van der Waals surface area (Å²) in [5.74, 6) is 0. The number of rotatable bonds is 2. The predicted molar refractivity (Wildman–Crippen MR) is 90.0 cm³/mol. The topological polar surface area (TPSA) is 25.2 Å². The second-order valence-electron chi connectivity index (χ2n) is 4.31. The van der Waals surface area contributed by atoms with Gasteiger partial charge in [0.2, 0.25) is 0 Å². The fourth-order valence-electron chi connectivity index (χ4n) is 1.96. The molecule has 2 rings (SSSR count). The van der Waals surface area contributed by atoms with Gasteiger partial charge in [-0.3, -0.25) is 9.98 Å². The van der Waals surface area contributed by atoms with E-state index in [-0.39, 0.29) is 0 Å². The van der Waals surface area contributed by atoms with Gasteiger partial charge in [0.25, 0.3) is 0 Å². The molecule has 0 atom stereocenters. The Bertz CT molecular complexity index is 548. The van der Waals surface area contributed by atoms with Gasteiger partial charge in [-0.2, -0.15) is 0 Å². The number of pyridine rings is 1. The van der Waals surface area contributed by atoms with Crippen LogP contribution in [0.2, 0.25) is 0 Å². The number of aromatic nitrogens is 1. The molecule has 109 valence electrons. The molecule has 0 aliphatic carbocycles. The van der Waals surface area contributed by atoms with Gasteiger partial charge >= 0.3 is 39.5 Å². The van der Waals surface area contributed by atoms with Crippen LogP contribution in [0.5, 0.6) is 0 Å². The molecule has 1 aromatic heterocycles. The Morgan fingerprint density at radius 2 is 1.70 bits per heavy atom. The van der Waals surface area contributed by atoms with Crippen LogP contribution in [0.25, 0.3) is 0 Å². The van der Waals surface area contributed by atoms with Crippen LogP contribution in [0.1, 0.15) is 22.4 Å². The quantitative estimate of drug-likeness (QED) is 0.568. The third-order valence-corrected chi connectivity index (χ3v) is 2.65. The number of benzene rings is 1. The number of halogens is 2. The van der Waals surface area contributed by atoms with E-state index in [1.54, 1.807) is 6.20 Å². The summed E-state index contributed by atoms with van der Waals surface area (Å²) in [5.41, 5.74) is 5.61. The molecule has 0 aliphatic rings. The summed E-state index contributed by atoms with van der Waals surface area (Å²) < 4.78 is 0. The number of nitrogens with zero attached hydrogens (tertiary/aromatic N) is 2. The first kappa shape index (κ1) is 17.6. The van der Waals surface area contributed by atoms with Gasteiger partial charge in [-0.25, -0.2) is 0 Å². The summed E-state index contributed by atoms with van der Waals surface area (Å²) >= 11 is 7.12. The second-order valence-corrected chi connectivity index (χ2v) is 9.56. The number of aryl methyl sites for hydroxylation is 3. The van der Waals surface area contributed by atoms with E-state index < -0.39 is 0 Å². The van der Waals surface area contributed by atoms with Crippen LogP contribution in [-0.2, 0) is 11.1 Å². The van der Waals surface area contributed by atoms with E-state index in [2.05, 4.69) is 71.2 Å². The molecule has 2 nitrogen and oxygen atoms in total. The maximum atomic E-state index is 4.53. The van der Waals surface area contributed by atoms with Crippen LogP contribution in [-0.4, -0.2) is 11.2 Å². The predicted octanol–water partition coefficient (Wildman–Crippen LogP) is 5.45. The van der Waals surface area contributed by atoms with Crippen molar-refractivity contribution in [3.8, 4) is 0 Å². The summed E-state index contributed by atoms with van der Waals surface area (Å²) in [6.07, 6.45) is 3.58. The molecule has 0 N–H and O–H groups in total. The van der Waals surface area contributed by atoms with Gasteiger partial charge in [0.15, 0.2) is 0 Å². The van der Waals surface area contributed by atoms with Gasteiger partial charge in [-0.05, 0) is 44.0 Å². The minimum absolute atomic E-state index is 0.881. The first-order chi connectivity index (χ1) is 9.58. The van der Waals surface area contributed by atoms with Crippen molar-refractivity contribution < 1.29 is 11.1 Å². The average molecular weight is 443 g/mol. The van der Waals surface area contributed by atoms with Crippen LogP contribution < -0.4 is 0 Å². The van der Waals surface area contributed by atoms with Crippen molar-refractivity contribution in [3.05, 3.63) is 58.9 Å². The van der Waals surface area contributed by atoms with Crippen molar-refractivity contribution in [1.29, 1.82) is 0 Å². The van der Waals surface area contributed by atoms with E-state index in [0.29, 0.717) is 0 Å². The first-order valence-corrected chi connectivity index (χ1v) is 11.1. The zero-order valence-corrected chi connectivity index (χ0v) is 15.7. The standard InChI is InChI=1S/C15H16N2.2BrH.Co/c1-11-8-12(2)15(13(3)9-11)17-10-14-6-4-5-7-16-14;;;/h4-10H,1-3H3;2*1H;/q;;;+2/p-2. The Morgan fingerprint density at radius 1 is 1.10 bits per heavy atom.